The van der Waals surface area contributed by atoms with E-state index in [2.05, 4.69) is 5.32 Å². The van der Waals surface area contributed by atoms with E-state index in [0.717, 1.165) is 25.7 Å². The monoisotopic (exact) mass is 354 g/mol. The van der Waals surface area contributed by atoms with E-state index in [1.165, 1.54) is 7.11 Å². The summed E-state index contributed by atoms with van der Waals surface area (Å²) in [4.78, 5) is 0.286. The molecule has 2 fully saturated rings. The van der Waals surface area contributed by atoms with E-state index in [1.807, 2.05) is 0 Å². The van der Waals surface area contributed by atoms with E-state index < -0.39 is 10.0 Å². The van der Waals surface area contributed by atoms with Crippen LogP contribution in [0.4, 0.5) is 0 Å². The molecule has 0 amide bonds. The molecule has 1 aromatic rings. The standard InChI is InChI=1S/C17H26N2O4S/c1-11-7-15(22-3)16(23-4)10-17(11)24(20,21)19(2)14-8-12-5-6-13(9-14)18-12/h7,10,12-14,18H,5-6,8-9H2,1-4H3. The van der Waals surface area contributed by atoms with E-state index in [0.29, 0.717) is 29.1 Å². The van der Waals surface area contributed by atoms with Crippen LogP contribution in [-0.2, 0) is 10.0 Å². The molecule has 24 heavy (non-hydrogen) atoms. The maximum absolute atomic E-state index is 13.2. The summed E-state index contributed by atoms with van der Waals surface area (Å²) in [5, 5.41) is 3.55. The minimum atomic E-state index is -3.58. The van der Waals surface area contributed by atoms with Gasteiger partial charge in [-0.15, -0.1) is 0 Å². The number of piperidine rings is 1. The molecular formula is C17H26N2O4S. The summed E-state index contributed by atoms with van der Waals surface area (Å²) in [6.07, 6.45) is 4.03. The lowest BCUT2D eigenvalue weighted by atomic mass is 10.0. The lowest BCUT2D eigenvalue weighted by Gasteiger charge is -2.35. The first kappa shape index (κ1) is 17.5. The molecule has 0 aromatic heterocycles. The summed E-state index contributed by atoms with van der Waals surface area (Å²) < 4.78 is 38.4. The van der Waals surface area contributed by atoms with Gasteiger partial charge in [0.05, 0.1) is 19.1 Å². The number of fused-ring (bicyclic) bond motifs is 2. The number of ether oxygens (including phenoxy) is 2. The molecule has 2 bridgehead atoms. The Morgan fingerprint density at radius 1 is 1.08 bits per heavy atom. The van der Waals surface area contributed by atoms with Crippen molar-refractivity contribution in [3.63, 3.8) is 0 Å². The first-order valence-electron chi connectivity index (χ1n) is 8.33. The average molecular weight is 354 g/mol. The number of rotatable bonds is 5. The molecule has 2 heterocycles. The lowest BCUT2D eigenvalue weighted by Crippen LogP contribution is -2.48. The molecule has 0 saturated carbocycles. The van der Waals surface area contributed by atoms with E-state index in [9.17, 15) is 8.42 Å². The molecule has 3 rings (SSSR count). The molecule has 2 atom stereocenters. The quantitative estimate of drug-likeness (QED) is 0.875. The Labute approximate surface area is 144 Å². The van der Waals surface area contributed by atoms with Gasteiger partial charge in [0.2, 0.25) is 10.0 Å². The number of methoxy groups -OCH3 is 2. The van der Waals surface area contributed by atoms with Crippen molar-refractivity contribution in [2.24, 2.45) is 0 Å². The minimum Gasteiger partial charge on any atom is -0.493 e. The van der Waals surface area contributed by atoms with Crippen molar-refractivity contribution in [2.45, 2.75) is 55.6 Å². The summed E-state index contributed by atoms with van der Waals surface area (Å²) in [6.45, 7) is 1.79. The molecule has 1 aromatic carbocycles. The molecule has 7 heteroatoms. The summed E-state index contributed by atoms with van der Waals surface area (Å²) in [5.74, 6) is 0.969. The number of hydrogen-bond acceptors (Lipinski definition) is 5. The highest BCUT2D eigenvalue weighted by Crippen LogP contribution is 2.36. The Bertz CT molecular complexity index is 708. The van der Waals surface area contributed by atoms with Crippen LogP contribution in [0, 0.1) is 6.92 Å². The van der Waals surface area contributed by atoms with Gasteiger partial charge in [-0.25, -0.2) is 8.42 Å². The van der Waals surface area contributed by atoms with E-state index in [4.69, 9.17) is 9.47 Å². The van der Waals surface area contributed by atoms with Gasteiger partial charge in [0.15, 0.2) is 11.5 Å². The van der Waals surface area contributed by atoms with E-state index in [-0.39, 0.29) is 10.9 Å². The normalized spacial score (nSPS) is 26.6. The van der Waals surface area contributed by atoms with Gasteiger partial charge in [-0.2, -0.15) is 4.31 Å². The number of nitrogens with one attached hydrogen (secondary N) is 1. The summed E-state index contributed by atoms with van der Waals surface area (Å²) in [6, 6.07) is 4.21. The Balaban J connectivity index is 1.92. The topological polar surface area (TPSA) is 67.9 Å². The van der Waals surface area contributed by atoms with Crippen molar-refractivity contribution in [1.82, 2.24) is 9.62 Å². The zero-order valence-corrected chi connectivity index (χ0v) is 15.5. The SMILES string of the molecule is COc1cc(C)c(S(=O)(=O)N(C)C2CC3CCC(C2)N3)cc1OC. The van der Waals surface area contributed by atoms with Crippen LogP contribution in [0.15, 0.2) is 17.0 Å². The smallest absolute Gasteiger partial charge is 0.243 e. The minimum absolute atomic E-state index is 0.0428. The van der Waals surface area contributed by atoms with Crippen LogP contribution in [0.2, 0.25) is 0 Å². The van der Waals surface area contributed by atoms with Gasteiger partial charge in [0.1, 0.15) is 0 Å². The highest BCUT2D eigenvalue weighted by molar-refractivity contribution is 7.89. The van der Waals surface area contributed by atoms with Gasteiger partial charge in [-0.05, 0) is 44.2 Å². The van der Waals surface area contributed by atoms with Crippen molar-refractivity contribution in [2.75, 3.05) is 21.3 Å². The van der Waals surface area contributed by atoms with Gasteiger partial charge in [0, 0.05) is 31.2 Å². The van der Waals surface area contributed by atoms with Crippen LogP contribution in [0.3, 0.4) is 0 Å². The van der Waals surface area contributed by atoms with Crippen molar-refractivity contribution in [3.8, 4) is 11.5 Å². The zero-order chi connectivity index (χ0) is 17.5. The molecule has 0 spiro atoms. The molecule has 0 radical (unpaired) electrons. The second-order valence-corrected chi connectivity index (χ2v) is 8.72. The number of benzene rings is 1. The fourth-order valence-electron chi connectivity index (χ4n) is 3.92. The lowest BCUT2D eigenvalue weighted by molar-refractivity contribution is 0.251. The van der Waals surface area contributed by atoms with Crippen LogP contribution in [0.25, 0.3) is 0 Å². The molecular weight excluding hydrogens is 328 g/mol. The zero-order valence-electron chi connectivity index (χ0n) is 14.7. The predicted octanol–water partition coefficient (Wildman–Crippen LogP) is 1.92. The molecule has 2 aliphatic rings. The summed E-state index contributed by atoms with van der Waals surface area (Å²) >= 11 is 0. The largest absolute Gasteiger partial charge is 0.493 e. The second-order valence-electron chi connectivity index (χ2n) is 6.76. The van der Waals surface area contributed by atoms with Crippen LogP contribution < -0.4 is 14.8 Å². The first-order chi connectivity index (χ1) is 11.4. The molecule has 2 unspecified atom stereocenters. The van der Waals surface area contributed by atoms with Gasteiger partial charge >= 0.3 is 0 Å². The fourth-order valence-corrected chi connectivity index (χ4v) is 5.51. The van der Waals surface area contributed by atoms with Crippen LogP contribution >= 0.6 is 0 Å². The molecule has 0 aliphatic carbocycles. The molecule has 6 nitrogen and oxygen atoms in total. The third-order valence-electron chi connectivity index (χ3n) is 5.30. The molecule has 2 saturated heterocycles. The van der Waals surface area contributed by atoms with Crippen molar-refractivity contribution >= 4 is 10.0 Å². The average Bonchev–Trinajstić information content (AvgIpc) is 2.91. The van der Waals surface area contributed by atoms with E-state index >= 15 is 0 Å². The van der Waals surface area contributed by atoms with Crippen LogP contribution in [-0.4, -0.2) is 52.1 Å². The van der Waals surface area contributed by atoms with Crippen LogP contribution in [0.1, 0.15) is 31.2 Å². The number of nitrogens with zero attached hydrogens (tertiary/aromatic N) is 1. The highest BCUT2D eigenvalue weighted by atomic mass is 32.2. The van der Waals surface area contributed by atoms with Gasteiger partial charge in [-0.3, -0.25) is 0 Å². The summed E-state index contributed by atoms with van der Waals surface area (Å²) in [5.41, 5.74) is 0.663. The Hall–Kier alpha value is -1.31. The number of aryl methyl sites for hydroxylation is 1. The molecule has 1 N–H and O–H groups in total. The maximum atomic E-state index is 13.2. The molecule has 2 aliphatic heterocycles. The number of sulfonamides is 1. The van der Waals surface area contributed by atoms with Crippen molar-refractivity contribution < 1.29 is 17.9 Å². The second kappa shape index (κ2) is 6.54. The third-order valence-corrected chi connectivity index (χ3v) is 7.35. The van der Waals surface area contributed by atoms with Gasteiger partial charge in [0.25, 0.3) is 0 Å². The van der Waals surface area contributed by atoms with Crippen molar-refractivity contribution in [3.05, 3.63) is 17.7 Å². The van der Waals surface area contributed by atoms with Gasteiger partial charge < -0.3 is 14.8 Å². The Morgan fingerprint density at radius 2 is 1.62 bits per heavy atom. The maximum Gasteiger partial charge on any atom is 0.243 e. The van der Waals surface area contributed by atoms with Crippen LogP contribution in [0.5, 0.6) is 11.5 Å². The predicted molar refractivity (Wildman–Crippen MR) is 92.2 cm³/mol. The molecule has 134 valence electrons. The Morgan fingerprint density at radius 3 is 2.17 bits per heavy atom. The summed E-state index contributed by atoms with van der Waals surface area (Å²) in [7, 11) is 1.18. The number of hydrogen-bond donors (Lipinski definition) is 1. The van der Waals surface area contributed by atoms with Crippen molar-refractivity contribution in [1.29, 1.82) is 0 Å². The highest BCUT2D eigenvalue weighted by Gasteiger charge is 2.39. The third kappa shape index (κ3) is 3.00. The Kier molecular flexibility index (Phi) is 4.77. The van der Waals surface area contributed by atoms with E-state index in [1.54, 1.807) is 37.5 Å². The first-order valence-corrected chi connectivity index (χ1v) is 9.77. The fraction of sp³-hybridized carbons (Fsp3) is 0.647. The van der Waals surface area contributed by atoms with Gasteiger partial charge in [-0.1, -0.05) is 0 Å².